The second kappa shape index (κ2) is 6.35. The first-order chi connectivity index (χ1) is 8.49. The first-order valence-electron chi connectivity index (χ1n) is 5.67. The highest BCUT2D eigenvalue weighted by molar-refractivity contribution is 5.96. The van der Waals surface area contributed by atoms with Gasteiger partial charge >= 0.3 is 0 Å². The summed E-state index contributed by atoms with van der Waals surface area (Å²) in [6, 6.07) is 2.51. The molecule has 0 spiro atoms. The predicted octanol–water partition coefficient (Wildman–Crippen LogP) is 2.19. The number of carbonyl (C=O) groups is 1. The van der Waals surface area contributed by atoms with Crippen molar-refractivity contribution in [2.24, 2.45) is 0 Å². The van der Waals surface area contributed by atoms with Crippen LogP contribution >= 0.6 is 0 Å². The molecule has 0 amide bonds. The van der Waals surface area contributed by atoms with Crippen molar-refractivity contribution in [1.82, 2.24) is 0 Å². The molecular weight excluding hydrogens is 239 g/mol. The minimum atomic E-state index is -0.649. The van der Waals surface area contributed by atoms with Gasteiger partial charge in [0.05, 0.1) is 19.8 Å². The summed E-state index contributed by atoms with van der Waals surface area (Å²) in [5.74, 6) is -0.826. The lowest BCUT2D eigenvalue weighted by Gasteiger charge is -2.15. The molecule has 0 radical (unpaired) electrons. The lowest BCUT2D eigenvalue weighted by atomic mass is 10.1. The maximum absolute atomic E-state index is 13.8. The fourth-order valence-corrected chi connectivity index (χ4v) is 1.48. The Labute approximate surface area is 105 Å². The molecule has 0 saturated carbocycles. The Morgan fingerprint density at radius 1 is 1.44 bits per heavy atom. The van der Waals surface area contributed by atoms with Crippen LogP contribution in [0.15, 0.2) is 12.1 Å². The Morgan fingerprint density at radius 3 is 2.61 bits per heavy atom. The van der Waals surface area contributed by atoms with Gasteiger partial charge in [0.2, 0.25) is 0 Å². The molecule has 0 fully saturated rings. The molecule has 1 N–H and O–H groups in total. The molecule has 100 valence electrons. The van der Waals surface area contributed by atoms with Gasteiger partial charge in [-0.2, -0.15) is 0 Å². The van der Waals surface area contributed by atoms with Crippen molar-refractivity contribution in [3.63, 3.8) is 0 Å². The Hall–Kier alpha value is -1.62. The maximum Gasteiger partial charge on any atom is 0.197 e. The van der Waals surface area contributed by atoms with Crippen molar-refractivity contribution in [3.8, 4) is 11.5 Å². The van der Waals surface area contributed by atoms with Crippen molar-refractivity contribution in [3.05, 3.63) is 23.5 Å². The summed E-state index contributed by atoms with van der Waals surface area (Å²) >= 11 is 0. The van der Waals surface area contributed by atoms with Crippen molar-refractivity contribution >= 4 is 5.78 Å². The molecule has 0 aromatic heterocycles. The monoisotopic (exact) mass is 256 g/mol. The molecule has 1 aromatic carbocycles. The van der Waals surface area contributed by atoms with Gasteiger partial charge in [0, 0.05) is 12.0 Å². The summed E-state index contributed by atoms with van der Waals surface area (Å²) in [7, 11) is 1.38. The molecule has 0 atom stereocenters. The van der Waals surface area contributed by atoms with Crippen LogP contribution in [0.4, 0.5) is 4.39 Å². The molecule has 0 aliphatic carbocycles. The van der Waals surface area contributed by atoms with Crippen LogP contribution in [0.1, 0.15) is 30.6 Å². The van der Waals surface area contributed by atoms with Gasteiger partial charge in [-0.3, -0.25) is 4.79 Å². The van der Waals surface area contributed by atoms with E-state index in [9.17, 15) is 9.18 Å². The quantitative estimate of drug-likeness (QED) is 0.793. The van der Waals surface area contributed by atoms with Gasteiger partial charge in [0.1, 0.15) is 0 Å². The minimum absolute atomic E-state index is 0.00644. The van der Waals surface area contributed by atoms with Gasteiger partial charge in [0.25, 0.3) is 0 Å². The van der Waals surface area contributed by atoms with Gasteiger partial charge in [-0.05, 0) is 26.0 Å². The highest BCUT2D eigenvalue weighted by Crippen LogP contribution is 2.32. The largest absolute Gasteiger partial charge is 0.493 e. The van der Waals surface area contributed by atoms with Gasteiger partial charge in [-0.15, -0.1) is 0 Å². The Morgan fingerprint density at radius 2 is 2.11 bits per heavy atom. The van der Waals surface area contributed by atoms with E-state index in [-0.39, 0.29) is 42.0 Å². The number of ether oxygens (including phenoxy) is 2. The molecule has 1 aromatic rings. The summed E-state index contributed by atoms with van der Waals surface area (Å²) in [5.41, 5.74) is 0.162. The van der Waals surface area contributed by atoms with Gasteiger partial charge in [-0.1, -0.05) is 0 Å². The highest BCUT2D eigenvalue weighted by atomic mass is 19.1. The fourth-order valence-electron chi connectivity index (χ4n) is 1.48. The van der Waals surface area contributed by atoms with E-state index in [1.165, 1.54) is 13.2 Å². The summed E-state index contributed by atoms with van der Waals surface area (Å²) < 4.78 is 24.2. The highest BCUT2D eigenvalue weighted by Gasteiger charge is 2.17. The van der Waals surface area contributed by atoms with E-state index in [0.29, 0.717) is 0 Å². The number of halogens is 1. The van der Waals surface area contributed by atoms with E-state index < -0.39 is 5.82 Å². The average molecular weight is 256 g/mol. The van der Waals surface area contributed by atoms with E-state index in [2.05, 4.69) is 0 Å². The molecule has 5 heteroatoms. The van der Waals surface area contributed by atoms with Crippen LogP contribution in [0.25, 0.3) is 0 Å². The number of carbonyl (C=O) groups excluding carboxylic acids is 1. The number of hydrogen-bond donors (Lipinski definition) is 1. The van der Waals surface area contributed by atoms with Crippen molar-refractivity contribution in [1.29, 1.82) is 0 Å². The second-order valence-electron chi connectivity index (χ2n) is 4.05. The Balaban J connectivity index is 3.14. The third-order valence-electron chi connectivity index (χ3n) is 2.24. The number of benzene rings is 1. The zero-order valence-electron chi connectivity index (χ0n) is 10.7. The number of rotatable bonds is 6. The average Bonchev–Trinajstić information content (AvgIpc) is 2.31. The number of aliphatic hydroxyl groups is 1. The number of aliphatic hydroxyl groups excluding tert-OH is 1. The number of ketones is 1. The van der Waals surface area contributed by atoms with E-state index in [4.69, 9.17) is 14.6 Å². The van der Waals surface area contributed by atoms with Crippen LogP contribution in [-0.4, -0.2) is 30.7 Å². The number of methoxy groups -OCH3 is 1. The van der Waals surface area contributed by atoms with Gasteiger partial charge in [0.15, 0.2) is 23.1 Å². The van der Waals surface area contributed by atoms with Crippen LogP contribution in [0, 0.1) is 5.82 Å². The standard InChI is InChI=1S/C13H17FO4/c1-8(2)18-13-10(14)6-9(7-12(13)17-3)11(16)4-5-15/h6-8,15H,4-5H2,1-3H3. The lowest BCUT2D eigenvalue weighted by molar-refractivity contribution is 0.0955. The molecular formula is C13H17FO4. The molecule has 0 saturated heterocycles. The van der Waals surface area contributed by atoms with E-state index in [0.717, 1.165) is 6.07 Å². The van der Waals surface area contributed by atoms with Crippen molar-refractivity contribution in [2.75, 3.05) is 13.7 Å². The summed E-state index contributed by atoms with van der Waals surface area (Å²) in [4.78, 5) is 11.6. The molecule has 18 heavy (non-hydrogen) atoms. The summed E-state index contributed by atoms with van der Waals surface area (Å²) in [6.07, 6.45) is -0.250. The van der Waals surface area contributed by atoms with Crippen LogP contribution < -0.4 is 9.47 Å². The fraction of sp³-hybridized carbons (Fsp3) is 0.462. The van der Waals surface area contributed by atoms with E-state index in [1.54, 1.807) is 13.8 Å². The lowest BCUT2D eigenvalue weighted by Crippen LogP contribution is -2.10. The number of hydrogen-bond acceptors (Lipinski definition) is 4. The van der Waals surface area contributed by atoms with Crippen LogP contribution in [0.3, 0.4) is 0 Å². The SMILES string of the molecule is COc1cc(C(=O)CCO)cc(F)c1OC(C)C. The zero-order valence-corrected chi connectivity index (χ0v) is 10.7. The first kappa shape index (κ1) is 14.4. The van der Waals surface area contributed by atoms with E-state index in [1.807, 2.05) is 0 Å². The van der Waals surface area contributed by atoms with E-state index >= 15 is 0 Å². The molecule has 0 heterocycles. The minimum Gasteiger partial charge on any atom is -0.493 e. The smallest absolute Gasteiger partial charge is 0.197 e. The first-order valence-corrected chi connectivity index (χ1v) is 5.67. The van der Waals surface area contributed by atoms with Crippen molar-refractivity contribution in [2.45, 2.75) is 26.4 Å². The Bertz CT molecular complexity index is 429. The van der Waals surface area contributed by atoms with Gasteiger partial charge < -0.3 is 14.6 Å². The molecule has 0 aliphatic heterocycles. The Kier molecular flexibility index (Phi) is 5.09. The predicted molar refractivity (Wildman–Crippen MR) is 64.7 cm³/mol. The third-order valence-corrected chi connectivity index (χ3v) is 2.24. The van der Waals surface area contributed by atoms with Gasteiger partial charge in [-0.25, -0.2) is 4.39 Å². The van der Waals surface area contributed by atoms with Crippen LogP contribution in [0.5, 0.6) is 11.5 Å². The second-order valence-corrected chi connectivity index (χ2v) is 4.05. The summed E-state index contributed by atoms with van der Waals surface area (Å²) in [5, 5.41) is 8.70. The molecule has 0 bridgehead atoms. The van der Waals surface area contributed by atoms with Crippen LogP contribution in [-0.2, 0) is 0 Å². The molecule has 0 unspecified atom stereocenters. The maximum atomic E-state index is 13.8. The molecule has 0 aliphatic rings. The number of Topliss-reactive ketones (excluding diaryl/α,β-unsaturated/α-hetero) is 1. The topological polar surface area (TPSA) is 55.8 Å². The van der Waals surface area contributed by atoms with Crippen LogP contribution in [0.2, 0.25) is 0 Å². The van der Waals surface area contributed by atoms with Crippen molar-refractivity contribution < 1.29 is 23.8 Å². The summed E-state index contributed by atoms with van der Waals surface area (Å²) in [6.45, 7) is 3.26. The molecule has 1 rings (SSSR count). The molecule has 4 nitrogen and oxygen atoms in total. The third kappa shape index (κ3) is 3.43. The normalized spacial score (nSPS) is 10.6. The zero-order chi connectivity index (χ0) is 13.7.